The van der Waals surface area contributed by atoms with Crippen LogP contribution in [0.15, 0.2) is 40.7 Å². The van der Waals surface area contributed by atoms with Gasteiger partial charge in [-0.2, -0.15) is 0 Å². The maximum atomic E-state index is 4.63. The molecule has 0 amide bonds. The van der Waals surface area contributed by atoms with Crippen molar-refractivity contribution in [3.05, 3.63) is 52.0 Å². The van der Waals surface area contributed by atoms with Crippen molar-refractivity contribution >= 4 is 17.3 Å². The van der Waals surface area contributed by atoms with E-state index in [-0.39, 0.29) is 0 Å². The highest BCUT2D eigenvalue weighted by molar-refractivity contribution is 7.09. The fourth-order valence-corrected chi connectivity index (χ4v) is 3.05. The smallest absolute Gasteiger partial charge is 0.191 e. The number of hydrogen-bond acceptors (Lipinski definition) is 3. The number of nitrogens with one attached hydrogen (secondary N) is 2. The molecule has 4 nitrogen and oxygen atoms in total. The van der Waals surface area contributed by atoms with Gasteiger partial charge in [0.25, 0.3) is 0 Å². The Morgan fingerprint density at radius 1 is 1.17 bits per heavy atom. The molecule has 5 heteroatoms. The maximum absolute atomic E-state index is 4.63. The number of nitrogens with zero attached hydrogens (tertiary/aromatic N) is 2. The summed E-state index contributed by atoms with van der Waals surface area (Å²) in [5.74, 6) is 1.73. The molecule has 1 aromatic carbocycles. The lowest BCUT2D eigenvalue weighted by atomic mass is 10.0. The second-order valence-corrected chi connectivity index (χ2v) is 6.84. The van der Waals surface area contributed by atoms with E-state index in [1.165, 1.54) is 10.6 Å². The van der Waals surface area contributed by atoms with Crippen molar-refractivity contribution in [2.45, 2.75) is 39.2 Å². The van der Waals surface area contributed by atoms with Crippen molar-refractivity contribution in [2.24, 2.45) is 4.99 Å². The van der Waals surface area contributed by atoms with Crippen molar-refractivity contribution < 1.29 is 0 Å². The minimum Gasteiger partial charge on any atom is -0.356 e. The Hall–Kier alpha value is -1.88. The average molecular weight is 331 g/mol. The Labute approximate surface area is 143 Å². The minimum atomic E-state index is 0.432. The van der Waals surface area contributed by atoms with Gasteiger partial charge in [0.2, 0.25) is 0 Å². The quantitative estimate of drug-likeness (QED) is 0.627. The molecule has 1 atom stereocenters. The van der Waals surface area contributed by atoms with E-state index in [4.69, 9.17) is 0 Å². The Kier molecular flexibility index (Phi) is 6.59. The molecule has 0 saturated carbocycles. The number of thiazole rings is 1. The summed E-state index contributed by atoms with van der Waals surface area (Å²) in [5, 5.41) is 10.0. The molecule has 1 unspecified atom stereocenters. The Balaban J connectivity index is 1.81. The first-order valence-corrected chi connectivity index (χ1v) is 8.92. The number of benzene rings is 1. The van der Waals surface area contributed by atoms with Crippen molar-refractivity contribution in [3.8, 4) is 0 Å². The minimum absolute atomic E-state index is 0.432. The third-order valence-electron chi connectivity index (χ3n) is 3.67. The highest BCUT2D eigenvalue weighted by Crippen LogP contribution is 2.19. The molecule has 1 heterocycles. The second kappa shape index (κ2) is 8.67. The lowest BCUT2D eigenvalue weighted by Crippen LogP contribution is -2.38. The van der Waals surface area contributed by atoms with Crippen molar-refractivity contribution in [3.63, 3.8) is 0 Å². The molecule has 124 valence electrons. The summed E-state index contributed by atoms with van der Waals surface area (Å²) >= 11 is 1.72. The van der Waals surface area contributed by atoms with E-state index in [1.54, 1.807) is 18.4 Å². The second-order valence-electron chi connectivity index (χ2n) is 5.95. The van der Waals surface area contributed by atoms with Gasteiger partial charge < -0.3 is 10.6 Å². The van der Waals surface area contributed by atoms with Gasteiger partial charge in [0.1, 0.15) is 0 Å². The van der Waals surface area contributed by atoms with Crippen LogP contribution in [0, 0.1) is 0 Å². The van der Waals surface area contributed by atoms with E-state index >= 15 is 0 Å². The zero-order valence-electron chi connectivity index (χ0n) is 14.3. The third-order valence-corrected chi connectivity index (χ3v) is 4.86. The van der Waals surface area contributed by atoms with Crippen molar-refractivity contribution in [2.75, 3.05) is 13.6 Å². The molecule has 1 aromatic heterocycles. The first kappa shape index (κ1) is 17.5. The summed E-state index contributed by atoms with van der Waals surface area (Å²) in [6, 6.07) is 10.5. The van der Waals surface area contributed by atoms with Gasteiger partial charge in [-0.25, -0.2) is 4.98 Å². The van der Waals surface area contributed by atoms with Crippen LogP contribution in [0.3, 0.4) is 0 Å². The van der Waals surface area contributed by atoms with Gasteiger partial charge in [-0.15, -0.1) is 11.3 Å². The van der Waals surface area contributed by atoms with Gasteiger partial charge in [-0.1, -0.05) is 51.1 Å². The van der Waals surface area contributed by atoms with Crippen molar-refractivity contribution in [1.82, 2.24) is 15.6 Å². The molecule has 0 saturated heterocycles. The number of aromatic nitrogens is 1. The monoisotopic (exact) mass is 330 g/mol. The number of hydrogen-bond donors (Lipinski definition) is 2. The van der Waals surface area contributed by atoms with Crippen LogP contribution in [-0.2, 0) is 6.54 Å². The molecule has 2 aromatic rings. The van der Waals surface area contributed by atoms with Crippen molar-refractivity contribution in [1.29, 1.82) is 0 Å². The Bertz CT molecular complexity index is 619. The zero-order chi connectivity index (χ0) is 16.7. The summed E-state index contributed by atoms with van der Waals surface area (Å²) in [6.45, 7) is 8.09. The molecular formula is C18H26N4S. The molecule has 2 N–H and O–H groups in total. The zero-order valence-corrected chi connectivity index (χ0v) is 15.2. The molecule has 23 heavy (non-hydrogen) atoms. The highest BCUT2D eigenvalue weighted by Gasteiger charge is 2.08. The summed E-state index contributed by atoms with van der Waals surface area (Å²) in [4.78, 5) is 8.91. The van der Waals surface area contributed by atoms with Crippen LogP contribution in [0.1, 0.15) is 48.9 Å². The molecular weight excluding hydrogens is 304 g/mol. The lowest BCUT2D eigenvalue weighted by molar-refractivity contribution is 0.696. The van der Waals surface area contributed by atoms with E-state index in [0.717, 1.165) is 18.2 Å². The Morgan fingerprint density at radius 3 is 2.52 bits per heavy atom. The van der Waals surface area contributed by atoms with E-state index in [0.29, 0.717) is 18.4 Å². The van der Waals surface area contributed by atoms with Gasteiger partial charge in [0, 0.05) is 24.9 Å². The van der Waals surface area contributed by atoms with Gasteiger partial charge >= 0.3 is 0 Å². The van der Waals surface area contributed by atoms with Gasteiger partial charge in [-0.05, 0) is 11.5 Å². The summed E-state index contributed by atoms with van der Waals surface area (Å²) in [7, 11) is 1.79. The summed E-state index contributed by atoms with van der Waals surface area (Å²) < 4.78 is 0. The fraction of sp³-hybridized carbons (Fsp3) is 0.444. The molecule has 0 radical (unpaired) electrons. The highest BCUT2D eigenvalue weighted by atomic mass is 32.1. The number of rotatable bonds is 6. The van der Waals surface area contributed by atoms with Crippen LogP contribution in [0.5, 0.6) is 0 Å². The lowest BCUT2D eigenvalue weighted by Gasteiger charge is -2.16. The standard InChI is InChI=1S/C18H26N4S/c1-13(2)17-22-16(12-23-17)11-21-18(19-4)20-10-14(3)15-8-6-5-7-9-15/h5-9,12-14H,10-11H2,1-4H3,(H2,19,20,21). The third kappa shape index (κ3) is 5.36. The summed E-state index contributed by atoms with van der Waals surface area (Å²) in [6.07, 6.45) is 0. The molecule has 0 aliphatic rings. The first-order chi connectivity index (χ1) is 11.1. The van der Waals surface area contributed by atoms with Gasteiger partial charge in [-0.3, -0.25) is 4.99 Å². The van der Waals surface area contributed by atoms with Crippen LogP contribution in [0.4, 0.5) is 0 Å². The normalized spacial score (nSPS) is 13.2. The van der Waals surface area contributed by atoms with E-state index in [1.807, 2.05) is 6.07 Å². The van der Waals surface area contributed by atoms with Crippen LogP contribution in [0.25, 0.3) is 0 Å². The molecule has 0 spiro atoms. The SMILES string of the molecule is CN=C(NCc1csc(C(C)C)n1)NCC(C)c1ccccc1. The van der Waals surface area contributed by atoms with E-state index in [9.17, 15) is 0 Å². The largest absolute Gasteiger partial charge is 0.356 e. The topological polar surface area (TPSA) is 49.3 Å². The first-order valence-electron chi connectivity index (χ1n) is 8.04. The predicted octanol–water partition coefficient (Wildman–Crippen LogP) is 3.74. The number of guanidine groups is 1. The average Bonchev–Trinajstić information content (AvgIpc) is 3.05. The van der Waals surface area contributed by atoms with Gasteiger partial charge in [0.05, 0.1) is 17.2 Å². The van der Waals surface area contributed by atoms with Crippen LogP contribution in [0.2, 0.25) is 0 Å². The fourth-order valence-electron chi connectivity index (χ4n) is 2.21. The Morgan fingerprint density at radius 2 is 1.91 bits per heavy atom. The van der Waals surface area contributed by atoms with Gasteiger partial charge in [0.15, 0.2) is 5.96 Å². The predicted molar refractivity (Wildman–Crippen MR) is 99.3 cm³/mol. The number of aliphatic imine (C=N–C) groups is 1. The van der Waals surface area contributed by atoms with Crippen LogP contribution < -0.4 is 10.6 Å². The molecule has 2 rings (SSSR count). The summed E-state index contributed by atoms with van der Waals surface area (Å²) in [5.41, 5.74) is 2.40. The van der Waals surface area contributed by atoms with E-state index in [2.05, 4.69) is 71.0 Å². The van der Waals surface area contributed by atoms with Crippen LogP contribution in [-0.4, -0.2) is 24.5 Å². The molecule has 0 fully saturated rings. The maximum Gasteiger partial charge on any atom is 0.191 e. The molecule has 0 bridgehead atoms. The van der Waals surface area contributed by atoms with E-state index < -0.39 is 0 Å². The molecule has 0 aliphatic heterocycles. The van der Waals surface area contributed by atoms with Crippen LogP contribution >= 0.6 is 11.3 Å². The molecule has 0 aliphatic carbocycles.